The highest BCUT2D eigenvalue weighted by molar-refractivity contribution is 7.15. The number of aromatic amines is 1. The number of nitrogens with zero attached hydrogens (tertiary/aromatic N) is 2. The van der Waals surface area contributed by atoms with E-state index in [9.17, 15) is 14.4 Å². The first-order valence-electron chi connectivity index (χ1n) is 9.55. The monoisotopic (exact) mass is 414 g/mol. The Kier molecular flexibility index (Phi) is 4.99. The third kappa shape index (κ3) is 3.69. The van der Waals surface area contributed by atoms with E-state index in [-0.39, 0.29) is 24.5 Å². The molecule has 4 rings (SSSR count). The van der Waals surface area contributed by atoms with Gasteiger partial charge in [-0.15, -0.1) is 11.3 Å². The zero-order valence-electron chi connectivity index (χ0n) is 16.5. The van der Waals surface area contributed by atoms with Crippen LogP contribution in [-0.2, 0) is 16.0 Å². The van der Waals surface area contributed by atoms with E-state index in [2.05, 4.69) is 15.4 Å². The summed E-state index contributed by atoms with van der Waals surface area (Å²) in [6.45, 7) is 5.69. The minimum Gasteiger partial charge on any atom is -0.462 e. The Morgan fingerprint density at radius 1 is 1.38 bits per heavy atom. The highest BCUT2D eigenvalue weighted by Gasteiger charge is 2.32. The predicted octanol–water partition coefficient (Wildman–Crippen LogP) is 2.94. The lowest BCUT2D eigenvalue weighted by atomic mass is 10.1. The van der Waals surface area contributed by atoms with Crippen LogP contribution in [0.5, 0.6) is 0 Å². The zero-order chi connectivity index (χ0) is 20.7. The van der Waals surface area contributed by atoms with Crippen molar-refractivity contribution in [3.63, 3.8) is 0 Å². The van der Waals surface area contributed by atoms with Gasteiger partial charge in [0.2, 0.25) is 5.91 Å². The molecule has 0 spiro atoms. The van der Waals surface area contributed by atoms with Crippen LogP contribution in [0.1, 0.15) is 58.6 Å². The Morgan fingerprint density at radius 3 is 2.83 bits per heavy atom. The number of aromatic nitrogens is 3. The van der Waals surface area contributed by atoms with Crippen molar-refractivity contribution in [2.45, 2.75) is 46.0 Å². The lowest BCUT2D eigenvalue weighted by Gasteiger charge is -2.12. The number of carbonyl (C=O) groups is 2. The maximum absolute atomic E-state index is 12.8. The van der Waals surface area contributed by atoms with Crippen LogP contribution in [0.2, 0.25) is 0 Å². The van der Waals surface area contributed by atoms with E-state index in [4.69, 9.17) is 4.74 Å². The molecule has 0 atom stereocenters. The molecule has 0 unspecified atom stereocenters. The van der Waals surface area contributed by atoms with E-state index < -0.39 is 5.97 Å². The van der Waals surface area contributed by atoms with Gasteiger partial charge in [0.25, 0.3) is 5.56 Å². The van der Waals surface area contributed by atoms with Crippen molar-refractivity contribution in [3.05, 3.63) is 49.9 Å². The summed E-state index contributed by atoms with van der Waals surface area (Å²) in [4.78, 5) is 41.3. The topological polar surface area (TPSA) is 106 Å². The number of thiophene rings is 1. The lowest BCUT2D eigenvalue weighted by molar-refractivity contribution is -0.115. The molecular weight excluding hydrogens is 392 g/mol. The first-order valence-corrected chi connectivity index (χ1v) is 10.4. The summed E-state index contributed by atoms with van der Waals surface area (Å²) >= 11 is 1.35. The Balaban J connectivity index is 1.60. The van der Waals surface area contributed by atoms with Crippen LogP contribution < -0.4 is 10.9 Å². The molecule has 0 aromatic carbocycles. The first-order chi connectivity index (χ1) is 13.9. The van der Waals surface area contributed by atoms with Crippen molar-refractivity contribution in [2.75, 3.05) is 11.9 Å². The number of nitrogens with one attached hydrogen (secondary N) is 2. The normalized spacial score (nSPS) is 13.6. The molecule has 1 saturated carbocycles. The van der Waals surface area contributed by atoms with Crippen LogP contribution in [-0.4, -0.2) is 33.1 Å². The summed E-state index contributed by atoms with van der Waals surface area (Å²) in [5.74, 6) is -0.272. The first kappa shape index (κ1) is 19.4. The van der Waals surface area contributed by atoms with Crippen LogP contribution in [0.25, 0.3) is 5.65 Å². The number of esters is 1. The zero-order valence-corrected chi connectivity index (χ0v) is 17.3. The fourth-order valence-corrected chi connectivity index (χ4v) is 4.56. The summed E-state index contributed by atoms with van der Waals surface area (Å²) in [7, 11) is 0. The standard InChI is InChI=1S/C20H22N4O4S/c1-4-28-20(27)18-14(12-5-6-12)9-29-19(18)22-16(25)7-13-10(2)21-15-8-17(26)23-24(15)11(13)3/h8-9,12H,4-7H2,1-3H3,(H,22,25)(H,23,26). The molecular formula is C20H22N4O4S. The van der Waals surface area contributed by atoms with Crippen molar-refractivity contribution >= 4 is 33.9 Å². The van der Waals surface area contributed by atoms with Crippen LogP contribution >= 0.6 is 11.3 Å². The number of aryl methyl sites for hydroxylation is 2. The number of H-pyrrole nitrogens is 1. The molecule has 0 bridgehead atoms. The number of rotatable bonds is 6. The lowest BCUT2D eigenvalue weighted by Crippen LogP contribution is -2.19. The summed E-state index contributed by atoms with van der Waals surface area (Å²) in [5.41, 5.74) is 3.89. The molecule has 2 N–H and O–H groups in total. The van der Waals surface area contributed by atoms with E-state index in [1.807, 2.05) is 19.2 Å². The number of carbonyl (C=O) groups excluding carboxylic acids is 2. The minimum atomic E-state index is -0.397. The van der Waals surface area contributed by atoms with Crippen molar-refractivity contribution in [3.8, 4) is 0 Å². The third-order valence-electron chi connectivity index (χ3n) is 5.11. The van der Waals surface area contributed by atoms with Gasteiger partial charge in [0.05, 0.1) is 18.6 Å². The Labute approximate surface area is 170 Å². The molecule has 3 aromatic heterocycles. The molecule has 29 heavy (non-hydrogen) atoms. The molecule has 0 saturated heterocycles. The van der Waals surface area contributed by atoms with Gasteiger partial charge in [-0.1, -0.05) is 0 Å². The molecule has 9 heteroatoms. The Bertz CT molecular complexity index is 1170. The van der Waals surface area contributed by atoms with Gasteiger partial charge in [0.15, 0.2) is 5.65 Å². The molecule has 1 aliphatic rings. The van der Waals surface area contributed by atoms with Gasteiger partial charge in [-0.05, 0) is 50.5 Å². The summed E-state index contributed by atoms with van der Waals surface area (Å²) < 4.78 is 6.79. The van der Waals surface area contributed by atoms with Crippen LogP contribution in [0.15, 0.2) is 16.2 Å². The molecule has 0 radical (unpaired) electrons. The quantitative estimate of drug-likeness (QED) is 0.603. The minimum absolute atomic E-state index is 0.0831. The second-order valence-electron chi connectivity index (χ2n) is 7.19. The fraction of sp³-hybridized carbons (Fsp3) is 0.400. The van der Waals surface area contributed by atoms with Crippen LogP contribution in [0.3, 0.4) is 0 Å². The van der Waals surface area contributed by atoms with Gasteiger partial charge < -0.3 is 10.1 Å². The second-order valence-corrected chi connectivity index (χ2v) is 8.07. The molecule has 1 fully saturated rings. The summed E-state index contributed by atoms with van der Waals surface area (Å²) in [6.07, 6.45) is 2.19. The van der Waals surface area contributed by atoms with Crippen molar-refractivity contribution in [2.24, 2.45) is 0 Å². The Hall–Kier alpha value is -2.94. The third-order valence-corrected chi connectivity index (χ3v) is 6.02. The van der Waals surface area contributed by atoms with E-state index in [1.165, 1.54) is 17.4 Å². The smallest absolute Gasteiger partial charge is 0.341 e. The maximum atomic E-state index is 12.8. The van der Waals surface area contributed by atoms with E-state index >= 15 is 0 Å². The number of anilines is 1. The number of fused-ring (bicyclic) bond motifs is 1. The van der Waals surface area contributed by atoms with Crippen LogP contribution in [0.4, 0.5) is 5.00 Å². The Morgan fingerprint density at radius 2 is 2.14 bits per heavy atom. The average molecular weight is 414 g/mol. The molecule has 3 heterocycles. The van der Waals surface area contributed by atoms with Gasteiger partial charge >= 0.3 is 5.97 Å². The summed E-state index contributed by atoms with van der Waals surface area (Å²) in [6, 6.07) is 1.42. The van der Waals surface area contributed by atoms with E-state index in [0.29, 0.717) is 27.8 Å². The van der Waals surface area contributed by atoms with E-state index in [1.54, 1.807) is 11.4 Å². The largest absolute Gasteiger partial charge is 0.462 e. The van der Waals surface area contributed by atoms with Crippen molar-refractivity contribution < 1.29 is 14.3 Å². The molecule has 152 valence electrons. The molecule has 3 aromatic rings. The number of amides is 1. The number of hydrogen-bond donors (Lipinski definition) is 2. The molecule has 0 aliphatic heterocycles. The van der Waals surface area contributed by atoms with Crippen LogP contribution in [0, 0.1) is 13.8 Å². The van der Waals surface area contributed by atoms with Crippen molar-refractivity contribution in [1.82, 2.24) is 14.6 Å². The van der Waals surface area contributed by atoms with Gasteiger partial charge in [-0.3, -0.25) is 14.7 Å². The van der Waals surface area contributed by atoms with Gasteiger partial charge in [-0.25, -0.2) is 14.3 Å². The average Bonchev–Trinajstić information content (AvgIpc) is 3.32. The second kappa shape index (κ2) is 7.47. The van der Waals surface area contributed by atoms with E-state index in [0.717, 1.165) is 29.7 Å². The van der Waals surface area contributed by atoms with Gasteiger partial charge in [0.1, 0.15) is 5.00 Å². The van der Waals surface area contributed by atoms with Gasteiger partial charge in [0, 0.05) is 23.0 Å². The van der Waals surface area contributed by atoms with Gasteiger partial charge in [-0.2, -0.15) is 0 Å². The number of hydrogen-bond acceptors (Lipinski definition) is 6. The highest BCUT2D eigenvalue weighted by atomic mass is 32.1. The maximum Gasteiger partial charge on any atom is 0.341 e. The fourth-order valence-electron chi connectivity index (χ4n) is 3.51. The SMILES string of the molecule is CCOC(=O)c1c(C2CC2)csc1NC(=O)Cc1c(C)nc2cc(=O)[nH]n2c1C. The molecule has 1 amide bonds. The van der Waals surface area contributed by atoms with Crippen molar-refractivity contribution in [1.29, 1.82) is 0 Å². The molecule has 8 nitrogen and oxygen atoms in total. The predicted molar refractivity (Wildman–Crippen MR) is 110 cm³/mol. The highest BCUT2D eigenvalue weighted by Crippen LogP contribution is 2.46. The summed E-state index contributed by atoms with van der Waals surface area (Å²) in [5, 5.41) is 8.03. The number of ether oxygens (including phenoxy) is 1. The molecule has 1 aliphatic carbocycles.